The lowest BCUT2D eigenvalue weighted by Crippen LogP contribution is -2.23. The van der Waals surface area contributed by atoms with Crippen molar-refractivity contribution in [1.29, 1.82) is 0 Å². The summed E-state index contributed by atoms with van der Waals surface area (Å²) in [4.78, 5) is 16.9. The third-order valence-electron chi connectivity index (χ3n) is 2.68. The summed E-state index contributed by atoms with van der Waals surface area (Å²) >= 11 is 0. The van der Waals surface area contributed by atoms with Crippen LogP contribution < -0.4 is 4.72 Å². The highest BCUT2D eigenvalue weighted by molar-refractivity contribution is 7.89. The van der Waals surface area contributed by atoms with E-state index in [9.17, 15) is 13.2 Å². The Labute approximate surface area is 114 Å². The van der Waals surface area contributed by atoms with Gasteiger partial charge in [0.1, 0.15) is 16.3 Å². The summed E-state index contributed by atoms with van der Waals surface area (Å²) < 4.78 is 31.4. The molecule has 2 heterocycles. The predicted molar refractivity (Wildman–Crippen MR) is 67.8 cm³/mol. The van der Waals surface area contributed by atoms with E-state index in [1.54, 1.807) is 13.8 Å². The van der Waals surface area contributed by atoms with Crippen LogP contribution in [0.25, 0.3) is 0 Å². The highest BCUT2D eigenvalue weighted by atomic mass is 32.2. The molecule has 2 aromatic heterocycles. The van der Waals surface area contributed by atoms with Crippen molar-refractivity contribution in [3.05, 3.63) is 35.3 Å². The summed E-state index contributed by atoms with van der Waals surface area (Å²) in [6, 6.07) is 1.04. The molecule has 0 aliphatic carbocycles. The summed E-state index contributed by atoms with van der Waals surface area (Å²) in [5, 5.41) is 8.73. The molecule has 0 aliphatic rings. The Balaban J connectivity index is 2.12. The quantitative estimate of drug-likeness (QED) is 0.749. The van der Waals surface area contributed by atoms with Crippen LogP contribution in [0.4, 0.5) is 0 Å². The SMILES string of the molecule is Cc1nc(CNS(=O)(=O)c2c[nH]c(C(=O)O)c2)oc1C. The Morgan fingerprint density at radius 2 is 2.20 bits per heavy atom. The van der Waals surface area contributed by atoms with E-state index in [0.717, 1.165) is 12.3 Å². The molecule has 2 rings (SSSR count). The number of hydrogen-bond acceptors (Lipinski definition) is 5. The first kappa shape index (κ1) is 14.3. The van der Waals surface area contributed by atoms with Gasteiger partial charge in [-0.1, -0.05) is 0 Å². The lowest BCUT2D eigenvalue weighted by atomic mass is 10.4. The predicted octanol–water partition coefficient (Wildman–Crippen LogP) is 0.796. The first-order valence-electron chi connectivity index (χ1n) is 5.64. The van der Waals surface area contributed by atoms with Crippen molar-refractivity contribution in [3.8, 4) is 0 Å². The molecule has 0 aliphatic heterocycles. The minimum atomic E-state index is -3.82. The van der Waals surface area contributed by atoms with E-state index in [4.69, 9.17) is 9.52 Å². The minimum absolute atomic E-state index is 0.107. The van der Waals surface area contributed by atoms with Gasteiger partial charge in [-0.2, -0.15) is 0 Å². The molecular formula is C11H13N3O5S. The first-order chi connectivity index (χ1) is 9.29. The number of carboxylic acid groups (broad SMARTS) is 1. The number of carboxylic acids is 1. The highest BCUT2D eigenvalue weighted by Gasteiger charge is 2.19. The molecule has 3 N–H and O–H groups in total. The summed E-state index contributed by atoms with van der Waals surface area (Å²) in [5.41, 5.74) is 0.488. The van der Waals surface area contributed by atoms with Crippen LogP contribution >= 0.6 is 0 Å². The topological polar surface area (TPSA) is 125 Å². The maximum Gasteiger partial charge on any atom is 0.352 e. The fourth-order valence-corrected chi connectivity index (χ4v) is 2.48. The smallest absolute Gasteiger partial charge is 0.352 e. The molecule has 0 amide bonds. The van der Waals surface area contributed by atoms with Crippen molar-refractivity contribution < 1.29 is 22.7 Å². The molecule has 8 nitrogen and oxygen atoms in total. The first-order valence-corrected chi connectivity index (χ1v) is 7.12. The molecule has 0 spiro atoms. The molecule has 2 aromatic rings. The second kappa shape index (κ2) is 5.10. The van der Waals surface area contributed by atoms with Crippen molar-refractivity contribution in [2.75, 3.05) is 0 Å². The summed E-state index contributed by atoms with van der Waals surface area (Å²) in [7, 11) is -3.82. The molecule has 0 atom stereocenters. The average Bonchev–Trinajstić information content (AvgIpc) is 2.96. The fourth-order valence-electron chi connectivity index (χ4n) is 1.51. The van der Waals surface area contributed by atoms with Crippen LogP contribution in [0.3, 0.4) is 0 Å². The zero-order chi connectivity index (χ0) is 14.9. The second-order valence-corrected chi connectivity index (χ2v) is 5.89. The number of nitrogens with one attached hydrogen (secondary N) is 2. The van der Waals surface area contributed by atoms with Crippen molar-refractivity contribution >= 4 is 16.0 Å². The number of aromatic nitrogens is 2. The van der Waals surface area contributed by atoms with Gasteiger partial charge in [0, 0.05) is 6.20 Å². The minimum Gasteiger partial charge on any atom is -0.477 e. The summed E-state index contributed by atoms with van der Waals surface area (Å²) in [6.07, 6.45) is 1.11. The zero-order valence-electron chi connectivity index (χ0n) is 10.8. The van der Waals surface area contributed by atoms with Gasteiger partial charge in [-0.05, 0) is 19.9 Å². The molecule has 0 saturated carbocycles. The molecular weight excluding hydrogens is 286 g/mol. The molecule has 0 unspecified atom stereocenters. The number of carbonyl (C=O) groups is 1. The number of nitrogens with zero attached hydrogens (tertiary/aromatic N) is 1. The molecule has 0 radical (unpaired) electrons. The summed E-state index contributed by atoms with van der Waals surface area (Å²) in [5.74, 6) is -0.364. The van der Waals surface area contributed by atoms with Gasteiger partial charge in [0.15, 0.2) is 0 Å². The molecule has 108 valence electrons. The van der Waals surface area contributed by atoms with Gasteiger partial charge < -0.3 is 14.5 Å². The number of hydrogen-bond donors (Lipinski definition) is 3. The van der Waals surface area contributed by atoms with Gasteiger partial charge in [-0.15, -0.1) is 0 Å². The Bertz CT molecular complexity index is 724. The van der Waals surface area contributed by atoms with E-state index < -0.39 is 16.0 Å². The largest absolute Gasteiger partial charge is 0.477 e. The third kappa shape index (κ3) is 2.89. The monoisotopic (exact) mass is 299 g/mol. The molecule has 0 bridgehead atoms. The van der Waals surface area contributed by atoms with Crippen LogP contribution in [0.2, 0.25) is 0 Å². The van der Waals surface area contributed by atoms with E-state index in [0.29, 0.717) is 11.5 Å². The Kier molecular flexibility index (Phi) is 3.64. The van der Waals surface area contributed by atoms with E-state index in [1.165, 1.54) is 0 Å². The number of H-pyrrole nitrogens is 1. The van der Waals surface area contributed by atoms with Crippen LogP contribution in [-0.4, -0.2) is 29.5 Å². The van der Waals surface area contributed by atoms with Gasteiger partial charge in [0.2, 0.25) is 15.9 Å². The average molecular weight is 299 g/mol. The molecule has 20 heavy (non-hydrogen) atoms. The lowest BCUT2D eigenvalue weighted by Gasteiger charge is -2.01. The number of sulfonamides is 1. The molecule has 0 fully saturated rings. The third-order valence-corrected chi connectivity index (χ3v) is 4.06. The maximum absolute atomic E-state index is 11.9. The maximum atomic E-state index is 11.9. The molecule has 0 aromatic carbocycles. The molecule has 0 saturated heterocycles. The number of aryl methyl sites for hydroxylation is 2. The van der Waals surface area contributed by atoms with Crippen LogP contribution in [0.15, 0.2) is 21.6 Å². The normalized spacial score (nSPS) is 11.7. The number of aromatic amines is 1. The standard InChI is InChI=1S/C11H13N3O5S/c1-6-7(2)19-10(14-6)5-13-20(17,18)8-3-9(11(15)16)12-4-8/h3-4,12-13H,5H2,1-2H3,(H,15,16). The van der Waals surface area contributed by atoms with Crippen molar-refractivity contribution in [2.45, 2.75) is 25.3 Å². The number of rotatable bonds is 5. The van der Waals surface area contributed by atoms with E-state index in [-0.39, 0.29) is 23.0 Å². The highest BCUT2D eigenvalue weighted by Crippen LogP contribution is 2.12. The van der Waals surface area contributed by atoms with E-state index >= 15 is 0 Å². The van der Waals surface area contributed by atoms with Crippen LogP contribution in [0.1, 0.15) is 27.8 Å². The summed E-state index contributed by atoms with van der Waals surface area (Å²) in [6.45, 7) is 3.37. The van der Waals surface area contributed by atoms with Crippen LogP contribution in [0, 0.1) is 13.8 Å². The Morgan fingerprint density at radius 3 is 2.70 bits per heavy atom. The van der Waals surface area contributed by atoms with E-state index in [2.05, 4.69) is 14.7 Å². The van der Waals surface area contributed by atoms with Gasteiger partial charge in [-0.25, -0.2) is 22.9 Å². The Morgan fingerprint density at radius 1 is 1.50 bits per heavy atom. The van der Waals surface area contributed by atoms with Crippen molar-refractivity contribution in [2.24, 2.45) is 0 Å². The van der Waals surface area contributed by atoms with Gasteiger partial charge in [0.05, 0.1) is 12.2 Å². The fraction of sp³-hybridized carbons (Fsp3) is 0.273. The second-order valence-electron chi connectivity index (χ2n) is 4.13. The lowest BCUT2D eigenvalue weighted by molar-refractivity contribution is 0.0691. The van der Waals surface area contributed by atoms with Gasteiger partial charge in [0.25, 0.3) is 0 Å². The zero-order valence-corrected chi connectivity index (χ0v) is 11.6. The van der Waals surface area contributed by atoms with Crippen molar-refractivity contribution in [1.82, 2.24) is 14.7 Å². The number of oxazole rings is 1. The Hall–Kier alpha value is -2.13. The van der Waals surface area contributed by atoms with Gasteiger partial charge >= 0.3 is 5.97 Å². The molecule has 9 heteroatoms. The van der Waals surface area contributed by atoms with Crippen LogP contribution in [-0.2, 0) is 16.6 Å². The van der Waals surface area contributed by atoms with E-state index in [1.807, 2.05) is 0 Å². The number of aromatic carboxylic acids is 1. The van der Waals surface area contributed by atoms with Crippen LogP contribution in [0.5, 0.6) is 0 Å². The van der Waals surface area contributed by atoms with Gasteiger partial charge in [-0.3, -0.25) is 0 Å². The van der Waals surface area contributed by atoms with Crippen molar-refractivity contribution in [3.63, 3.8) is 0 Å².